The molecule has 2 aromatic carbocycles. The minimum atomic E-state index is -0.162. The van der Waals surface area contributed by atoms with E-state index < -0.39 is 0 Å². The molecule has 5 heteroatoms. The van der Waals surface area contributed by atoms with Crippen molar-refractivity contribution in [3.8, 4) is 11.5 Å². The molecule has 0 spiro atoms. The third-order valence-electron chi connectivity index (χ3n) is 5.21. The van der Waals surface area contributed by atoms with Gasteiger partial charge in [-0.1, -0.05) is 37.3 Å². The van der Waals surface area contributed by atoms with E-state index in [0.29, 0.717) is 17.9 Å². The van der Waals surface area contributed by atoms with Crippen molar-refractivity contribution in [2.75, 3.05) is 14.2 Å². The fraction of sp³-hybridized carbons (Fsp3) is 0.348. The van der Waals surface area contributed by atoms with Crippen molar-refractivity contribution in [2.24, 2.45) is 0 Å². The number of carbonyl (C=O) groups excluding carboxylic acids is 1. The lowest BCUT2D eigenvalue weighted by atomic mass is 9.87. The highest BCUT2D eigenvalue weighted by Crippen LogP contribution is 2.41. The van der Waals surface area contributed by atoms with E-state index in [1.807, 2.05) is 49.5 Å². The summed E-state index contributed by atoms with van der Waals surface area (Å²) in [6.45, 7) is 4.08. The molecule has 0 saturated heterocycles. The Morgan fingerprint density at radius 1 is 1.07 bits per heavy atom. The summed E-state index contributed by atoms with van der Waals surface area (Å²) in [5, 5.41) is 4.19. The van der Waals surface area contributed by atoms with Gasteiger partial charge in [0.2, 0.25) is 5.91 Å². The molecule has 0 bridgehead atoms. The minimum absolute atomic E-state index is 0.0227. The summed E-state index contributed by atoms with van der Waals surface area (Å²) in [4.78, 5) is 16.1. The quantitative estimate of drug-likeness (QED) is 0.599. The molecule has 28 heavy (non-hydrogen) atoms. The Bertz CT molecular complexity index is 948. The molecule has 0 aliphatic carbocycles. The highest BCUT2D eigenvalue weighted by molar-refractivity contribution is 5.86. The van der Waals surface area contributed by atoms with Crippen LogP contribution in [0.5, 0.6) is 11.5 Å². The highest BCUT2D eigenvalue weighted by Gasteiger charge is 2.26. The van der Waals surface area contributed by atoms with Gasteiger partial charge < -0.3 is 19.8 Å². The number of carbonyl (C=O) groups is 1. The van der Waals surface area contributed by atoms with Crippen molar-refractivity contribution in [3.63, 3.8) is 0 Å². The molecule has 0 unspecified atom stereocenters. The van der Waals surface area contributed by atoms with Crippen molar-refractivity contribution in [1.29, 1.82) is 0 Å². The van der Waals surface area contributed by atoms with E-state index in [0.717, 1.165) is 28.5 Å². The zero-order valence-corrected chi connectivity index (χ0v) is 16.9. The van der Waals surface area contributed by atoms with Crippen molar-refractivity contribution in [1.82, 2.24) is 10.3 Å². The molecule has 0 saturated carbocycles. The lowest BCUT2D eigenvalue weighted by Crippen LogP contribution is -2.33. The van der Waals surface area contributed by atoms with Gasteiger partial charge in [0.1, 0.15) is 0 Å². The topological polar surface area (TPSA) is 63.4 Å². The maximum absolute atomic E-state index is 12.8. The van der Waals surface area contributed by atoms with Gasteiger partial charge in [-0.25, -0.2) is 0 Å². The minimum Gasteiger partial charge on any atom is -0.493 e. The second kappa shape index (κ2) is 8.83. The number of para-hydroxylation sites is 2. The lowest BCUT2D eigenvalue weighted by Gasteiger charge is -2.22. The molecule has 2 N–H and O–H groups in total. The number of benzene rings is 2. The van der Waals surface area contributed by atoms with Crippen molar-refractivity contribution in [3.05, 3.63) is 59.8 Å². The van der Waals surface area contributed by atoms with Crippen LogP contribution in [0.4, 0.5) is 0 Å². The molecule has 5 nitrogen and oxygen atoms in total. The number of nitrogens with one attached hydrogen (secondary N) is 2. The number of hydrogen-bond acceptors (Lipinski definition) is 3. The Hall–Kier alpha value is -2.95. The van der Waals surface area contributed by atoms with E-state index in [1.165, 1.54) is 0 Å². The van der Waals surface area contributed by atoms with Crippen LogP contribution in [0.25, 0.3) is 10.9 Å². The maximum Gasteiger partial charge on any atom is 0.221 e. The molecule has 0 radical (unpaired) electrons. The summed E-state index contributed by atoms with van der Waals surface area (Å²) >= 11 is 0. The average molecular weight is 380 g/mol. The fourth-order valence-corrected chi connectivity index (χ4v) is 3.58. The number of amides is 1. The van der Waals surface area contributed by atoms with Gasteiger partial charge in [0.05, 0.1) is 14.2 Å². The number of hydrogen-bond donors (Lipinski definition) is 2. The summed E-state index contributed by atoms with van der Waals surface area (Å²) in [6, 6.07) is 14.1. The van der Waals surface area contributed by atoms with Crippen LogP contribution in [0.2, 0.25) is 0 Å². The standard InChI is InChI=1S/C23H28N2O3/c1-5-15(2)25-22(26)13-18(17-10-8-12-21(27-3)23(17)28-4)19-14-24-20-11-7-6-9-16(19)20/h6-12,14-15,18,24H,5,13H2,1-4H3,(H,25,26)/t15-,18-/m1/s1. The molecule has 148 valence electrons. The lowest BCUT2D eigenvalue weighted by molar-refractivity contribution is -0.121. The Balaban J connectivity index is 2.09. The van der Waals surface area contributed by atoms with Crippen LogP contribution in [0, 0.1) is 0 Å². The van der Waals surface area contributed by atoms with E-state index in [9.17, 15) is 4.79 Å². The van der Waals surface area contributed by atoms with Crippen molar-refractivity contribution in [2.45, 2.75) is 38.6 Å². The third-order valence-corrected chi connectivity index (χ3v) is 5.21. The second-order valence-corrected chi connectivity index (χ2v) is 7.01. The smallest absolute Gasteiger partial charge is 0.221 e. The molecule has 0 aliphatic heterocycles. The molecular formula is C23H28N2O3. The first kappa shape index (κ1) is 19.8. The third kappa shape index (κ3) is 3.98. The molecule has 1 heterocycles. The predicted octanol–water partition coefficient (Wildman–Crippen LogP) is 4.62. The predicted molar refractivity (Wildman–Crippen MR) is 112 cm³/mol. The van der Waals surface area contributed by atoms with Gasteiger partial charge in [0.15, 0.2) is 11.5 Å². The number of ether oxygens (including phenoxy) is 2. The monoisotopic (exact) mass is 380 g/mol. The average Bonchev–Trinajstić information content (AvgIpc) is 3.15. The number of rotatable bonds is 8. The van der Waals surface area contributed by atoms with E-state index >= 15 is 0 Å². The second-order valence-electron chi connectivity index (χ2n) is 7.01. The van der Waals surface area contributed by atoms with E-state index in [4.69, 9.17) is 9.47 Å². The highest BCUT2D eigenvalue weighted by atomic mass is 16.5. The van der Waals surface area contributed by atoms with Crippen LogP contribution in [-0.2, 0) is 4.79 Å². The number of aromatic amines is 1. The first-order chi connectivity index (χ1) is 13.6. The number of H-pyrrole nitrogens is 1. The Labute approximate surface area is 166 Å². The summed E-state index contributed by atoms with van der Waals surface area (Å²) < 4.78 is 11.2. The zero-order chi connectivity index (χ0) is 20.1. The molecule has 3 aromatic rings. The molecular weight excluding hydrogens is 352 g/mol. The molecule has 0 aliphatic rings. The largest absolute Gasteiger partial charge is 0.493 e. The zero-order valence-electron chi connectivity index (χ0n) is 16.9. The van der Waals surface area contributed by atoms with E-state index in [2.05, 4.69) is 23.3 Å². The summed E-state index contributed by atoms with van der Waals surface area (Å²) in [5.74, 6) is 1.18. The summed E-state index contributed by atoms with van der Waals surface area (Å²) in [7, 11) is 3.25. The fourth-order valence-electron chi connectivity index (χ4n) is 3.58. The maximum atomic E-state index is 12.8. The van der Waals surface area contributed by atoms with Crippen molar-refractivity contribution >= 4 is 16.8 Å². The normalized spacial score (nSPS) is 13.1. The first-order valence-corrected chi connectivity index (χ1v) is 9.65. The molecule has 0 fully saturated rings. The van der Waals surface area contributed by atoms with Crippen LogP contribution in [0.15, 0.2) is 48.7 Å². The van der Waals surface area contributed by atoms with Gasteiger partial charge in [-0.3, -0.25) is 4.79 Å². The Kier molecular flexibility index (Phi) is 6.24. The van der Waals surface area contributed by atoms with E-state index in [-0.39, 0.29) is 17.9 Å². The van der Waals surface area contributed by atoms with Crippen LogP contribution in [0.3, 0.4) is 0 Å². The van der Waals surface area contributed by atoms with Gasteiger partial charge in [-0.05, 0) is 31.0 Å². The molecule has 3 rings (SSSR count). The number of methoxy groups -OCH3 is 2. The van der Waals surface area contributed by atoms with Gasteiger partial charge >= 0.3 is 0 Å². The van der Waals surface area contributed by atoms with Crippen LogP contribution < -0.4 is 14.8 Å². The van der Waals surface area contributed by atoms with Crippen LogP contribution >= 0.6 is 0 Å². The van der Waals surface area contributed by atoms with Gasteiger partial charge in [0, 0.05) is 41.0 Å². The Morgan fingerprint density at radius 2 is 1.86 bits per heavy atom. The molecule has 1 amide bonds. The summed E-state index contributed by atoms with van der Waals surface area (Å²) in [5.41, 5.74) is 3.05. The van der Waals surface area contributed by atoms with E-state index in [1.54, 1.807) is 14.2 Å². The number of fused-ring (bicyclic) bond motifs is 1. The first-order valence-electron chi connectivity index (χ1n) is 9.65. The molecule has 2 atom stereocenters. The SMILES string of the molecule is CC[C@@H](C)NC(=O)C[C@H](c1cccc(OC)c1OC)c1c[nH]c2ccccc12. The van der Waals surface area contributed by atoms with Gasteiger partial charge in [-0.15, -0.1) is 0 Å². The van der Waals surface area contributed by atoms with Crippen LogP contribution in [0.1, 0.15) is 43.7 Å². The number of aromatic nitrogens is 1. The molecule has 1 aromatic heterocycles. The van der Waals surface area contributed by atoms with Crippen molar-refractivity contribution < 1.29 is 14.3 Å². The summed E-state index contributed by atoms with van der Waals surface area (Å²) in [6.07, 6.45) is 3.21. The van der Waals surface area contributed by atoms with Crippen LogP contribution in [-0.4, -0.2) is 31.2 Å². The van der Waals surface area contributed by atoms with Gasteiger partial charge in [0.25, 0.3) is 0 Å². The van der Waals surface area contributed by atoms with Gasteiger partial charge in [-0.2, -0.15) is 0 Å². The Morgan fingerprint density at radius 3 is 2.57 bits per heavy atom.